The van der Waals surface area contributed by atoms with Crippen LogP contribution in [0.25, 0.3) is 5.69 Å². The zero-order valence-electron chi connectivity index (χ0n) is 17.8. The first-order valence-electron chi connectivity index (χ1n) is 11.5. The van der Waals surface area contributed by atoms with Crippen LogP contribution in [0.3, 0.4) is 0 Å². The summed E-state index contributed by atoms with van der Waals surface area (Å²) in [7, 11) is 0. The molecule has 0 aliphatic carbocycles. The van der Waals surface area contributed by atoms with Gasteiger partial charge in [-0.25, -0.2) is 4.68 Å². The number of aromatic nitrogens is 3. The normalized spacial score (nSPS) is 11.0. The van der Waals surface area contributed by atoms with Crippen molar-refractivity contribution in [3.8, 4) is 11.7 Å². The first kappa shape index (κ1) is 22.4. The van der Waals surface area contributed by atoms with Gasteiger partial charge in [0, 0.05) is 0 Å². The van der Waals surface area contributed by atoms with Crippen molar-refractivity contribution in [1.82, 2.24) is 14.8 Å². The molecule has 156 valence electrons. The van der Waals surface area contributed by atoms with Crippen molar-refractivity contribution in [1.29, 1.82) is 0 Å². The van der Waals surface area contributed by atoms with Gasteiger partial charge in [0.05, 0.1) is 12.3 Å². The number of rotatable bonds is 17. The van der Waals surface area contributed by atoms with Crippen molar-refractivity contribution < 1.29 is 4.74 Å². The van der Waals surface area contributed by atoms with Crippen LogP contribution >= 0.6 is 0 Å². The molecule has 0 spiro atoms. The molecule has 0 fully saturated rings. The number of ether oxygens (including phenoxy) is 1. The van der Waals surface area contributed by atoms with Crippen molar-refractivity contribution in [2.24, 2.45) is 0 Å². The summed E-state index contributed by atoms with van der Waals surface area (Å²) in [5.74, 6) is 0. The van der Waals surface area contributed by atoms with E-state index in [-0.39, 0.29) is 0 Å². The lowest BCUT2D eigenvalue weighted by molar-refractivity contribution is 0.281. The fourth-order valence-electron chi connectivity index (χ4n) is 3.48. The van der Waals surface area contributed by atoms with Crippen LogP contribution in [0.5, 0.6) is 6.01 Å². The summed E-state index contributed by atoms with van der Waals surface area (Å²) in [6, 6.07) is 10.5. The largest absolute Gasteiger partial charge is 0.462 e. The molecule has 0 amide bonds. The summed E-state index contributed by atoms with van der Waals surface area (Å²) < 4.78 is 7.42. The molecular weight excluding hydrogens is 346 g/mol. The highest BCUT2D eigenvalue weighted by atomic mass is 16.5. The third-order valence-corrected chi connectivity index (χ3v) is 5.22. The van der Waals surface area contributed by atoms with E-state index in [2.05, 4.69) is 17.0 Å². The Morgan fingerprint density at radius 1 is 0.714 bits per heavy atom. The van der Waals surface area contributed by atoms with Gasteiger partial charge in [-0.1, -0.05) is 109 Å². The highest BCUT2D eigenvalue weighted by molar-refractivity contribution is 5.29. The predicted molar refractivity (Wildman–Crippen MR) is 117 cm³/mol. The molecule has 0 saturated heterocycles. The minimum atomic E-state index is 0.471. The fraction of sp³-hybridized carbons (Fsp3) is 0.667. The van der Waals surface area contributed by atoms with Crippen molar-refractivity contribution >= 4 is 0 Å². The van der Waals surface area contributed by atoms with Gasteiger partial charge in [-0.2, -0.15) is 4.98 Å². The number of unbranched alkanes of at least 4 members (excludes halogenated alkanes) is 13. The van der Waals surface area contributed by atoms with Gasteiger partial charge in [0.15, 0.2) is 0 Å². The molecule has 0 atom stereocenters. The molecule has 0 saturated carbocycles. The molecule has 28 heavy (non-hydrogen) atoms. The number of para-hydroxylation sites is 1. The van der Waals surface area contributed by atoms with Crippen LogP contribution in [0.4, 0.5) is 0 Å². The standard InChI is InChI=1S/C24H39N3O/c1-2-3-4-5-6-7-8-9-10-11-12-13-14-18-21-28-24-25-22-27(26-24)23-19-16-15-17-20-23/h15-17,19-20,22H,2-14,18,21H2,1H3. The topological polar surface area (TPSA) is 39.9 Å². The molecule has 0 N–H and O–H groups in total. The predicted octanol–water partition coefficient (Wildman–Crippen LogP) is 7.13. The zero-order chi connectivity index (χ0) is 19.7. The minimum absolute atomic E-state index is 0.471. The van der Waals surface area contributed by atoms with Gasteiger partial charge in [0.25, 0.3) is 0 Å². The molecule has 4 nitrogen and oxygen atoms in total. The van der Waals surface area contributed by atoms with Crippen LogP contribution in [0.15, 0.2) is 36.7 Å². The molecule has 0 aliphatic heterocycles. The summed E-state index contributed by atoms with van der Waals surface area (Å²) in [5, 5.41) is 4.37. The van der Waals surface area contributed by atoms with Crippen molar-refractivity contribution in [3.05, 3.63) is 36.7 Å². The minimum Gasteiger partial charge on any atom is -0.462 e. The average molecular weight is 386 g/mol. The number of nitrogens with zero attached hydrogens (tertiary/aromatic N) is 3. The van der Waals surface area contributed by atoms with E-state index >= 15 is 0 Å². The lowest BCUT2D eigenvalue weighted by Crippen LogP contribution is -2.00. The molecule has 0 aliphatic rings. The summed E-state index contributed by atoms with van der Waals surface area (Å²) in [5.41, 5.74) is 1.00. The monoisotopic (exact) mass is 385 g/mol. The van der Waals surface area contributed by atoms with E-state index in [9.17, 15) is 0 Å². The van der Waals surface area contributed by atoms with Gasteiger partial charge < -0.3 is 4.74 Å². The van der Waals surface area contributed by atoms with Crippen LogP contribution in [0.1, 0.15) is 96.8 Å². The van der Waals surface area contributed by atoms with Gasteiger partial charge in [-0.15, -0.1) is 5.10 Å². The average Bonchev–Trinajstić information content (AvgIpc) is 3.20. The summed E-state index contributed by atoms with van der Waals surface area (Å²) in [4.78, 5) is 4.23. The zero-order valence-corrected chi connectivity index (χ0v) is 17.8. The Bertz CT molecular complexity index is 597. The molecule has 4 heteroatoms. The Balaban J connectivity index is 1.37. The van der Waals surface area contributed by atoms with Gasteiger partial charge in [-0.3, -0.25) is 0 Å². The van der Waals surface area contributed by atoms with Crippen molar-refractivity contribution in [2.45, 2.75) is 96.8 Å². The number of benzene rings is 1. The van der Waals surface area contributed by atoms with E-state index in [4.69, 9.17) is 4.74 Å². The van der Waals surface area contributed by atoms with E-state index in [0.717, 1.165) is 12.1 Å². The van der Waals surface area contributed by atoms with Crippen molar-refractivity contribution in [2.75, 3.05) is 6.61 Å². The number of hydrogen-bond donors (Lipinski definition) is 0. The van der Waals surface area contributed by atoms with Gasteiger partial charge in [-0.05, 0) is 18.6 Å². The number of hydrogen-bond acceptors (Lipinski definition) is 3. The molecule has 0 radical (unpaired) electrons. The molecule has 0 unspecified atom stereocenters. The third kappa shape index (κ3) is 9.91. The van der Waals surface area contributed by atoms with Gasteiger partial charge in [0.2, 0.25) is 0 Å². The lowest BCUT2D eigenvalue weighted by atomic mass is 10.0. The van der Waals surface area contributed by atoms with Gasteiger partial charge in [0.1, 0.15) is 6.33 Å². The molecule has 1 aromatic carbocycles. The van der Waals surface area contributed by atoms with Crippen LogP contribution in [0, 0.1) is 0 Å². The Morgan fingerprint density at radius 3 is 1.82 bits per heavy atom. The SMILES string of the molecule is CCCCCCCCCCCCCCCCOc1ncn(-c2ccccc2)n1. The Morgan fingerprint density at radius 2 is 1.25 bits per heavy atom. The van der Waals surface area contributed by atoms with Gasteiger partial charge >= 0.3 is 6.01 Å². The maximum atomic E-state index is 5.67. The lowest BCUT2D eigenvalue weighted by Gasteiger charge is -2.04. The van der Waals surface area contributed by atoms with Crippen LogP contribution in [-0.4, -0.2) is 21.4 Å². The maximum absolute atomic E-state index is 5.67. The summed E-state index contributed by atoms with van der Waals surface area (Å²) >= 11 is 0. The van der Waals surface area contributed by atoms with Crippen LogP contribution in [0.2, 0.25) is 0 Å². The first-order chi connectivity index (χ1) is 13.9. The summed E-state index contributed by atoms with van der Waals surface area (Å²) in [6.07, 6.45) is 20.9. The molecule has 1 heterocycles. The Hall–Kier alpha value is -1.84. The molecule has 2 rings (SSSR count). The smallest absolute Gasteiger partial charge is 0.335 e. The van der Waals surface area contributed by atoms with Crippen molar-refractivity contribution in [3.63, 3.8) is 0 Å². The second-order valence-corrected chi connectivity index (χ2v) is 7.75. The molecule has 2 aromatic rings. The third-order valence-electron chi connectivity index (χ3n) is 5.22. The van der Waals surface area contributed by atoms with Crippen LogP contribution < -0.4 is 4.74 Å². The Kier molecular flexibility index (Phi) is 12.1. The fourth-order valence-corrected chi connectivity index (χ4v) is 3.48. The van der Waals surface area contributed by atoms with E-state index in [1.807, 2.05) is 30.3 Å². The second kappa shape index (κ2) is 15.1. The van der Waals surface area contributed by atoms with E-state index in [1.165, 1.54) is 83.5 Å². The molecular formula is C24H39N3O. The highest BCUT2D eigenvalue weighted by Gasteiger charge is 2.03. The Labute approximate surface area is 171 Å². The quantitative estimate of drug-likeness (QED) is 0.272. The maximum Gasteiger partial charge on any atom is 0.335 e. The van der Waals surface area contributed by atoms with E-state index in [0.29, 0.717) is 12.6 Å². The summed E-state index contributed by atoms with van der Waals surface area (Å²) in [6.45, 7) is 2.99. The second-order valence-electron chi connectivity index (χ2n) is 7.75. The van der Waals surface area contributed by atoms with E-state index < -0.39 is 0 Å². The molecule has 1 aromatic heterocycles. The first-order valence-corrected chi connectivity index (χ1v) is 11.5. The van der Waals surface area contributed by atoms with E-state index in [1.54, 1.807) is 11.0 Å². The highest BCUT2D eigenvalue weighted by Crippen LogP contribution is 2.13. The van der Waals surface area contributed by atoms with Crippen LogP contribution in [-0.2, 0) is 0 Å². The molecule has 0 bridgehead atoms.